The normalized spacial score (nSPS) is 16.1. The van der Waals surface area contributed by atoms with Crippen molar-refractivity contribution in [3.63, 3.8) is 0 Å². The first-order valence-electron chi connectivity index (χ1n) is 11.5. The average Bonchev–Trinajstić information content (AvgIpc) is 2.94. The molecule has 2 aromatic rings. The van der Waals surface area contributed by atoms with Crippen molar-refractivity contribution >= 4 is 11.8 Å². The number of carbonyl (C=O) groups excluding carboxylic acids is 1. The second-order valence-corrected chi connectivity index (χ2v) is 9.40. The molecule has 2 aliphatic heterocycles. The lowest BCUT2D eigenvalue weighted by Crippen LogP contribution is -2.38. The smallest absolute Gasteiger partial charge is 0.410 e. The van der Waals surface area contributed by atoms with Crippen molar-refractivity contribution in [2.24, 2.45) is 0 Å². The zero-order valence-electron chi connectivity index (χ0n) is 19.2. The molecule has 0 spiro atoms. The Kier molecular flexibility index (Phi) is 6.12. The summed E-state index contributed by atoms with van der Waals surface area (Å²) in [6, 6.07) is 12.8. The third-order valence-electron chi connectivity index (χ3n) is 5.89. The molecule has 2 heterocycles. The highest BCUT2D eigenvalue weighted by molar-refractivity contribution is 5.87. The van der Waals surface area contributed by atoms with E-state index in [0.29, 0.717) is 19.7 Å². The van der Waals surface area contributed by atoms with Gasteiger partial charge in [-0.3, -0.25) is 0 Å². The summed E-state index contributed by atoms with van der Waals surface area (Å²) in [6.07, 6.45) is 2.48. The summed E-state index contributed by atoms with van der Waals surface area (Å²) < 4.78 is 11.8. The molecule has 0 bridgehead atoms. The minimum Gasteiger partial charge on any atom is -0.490 e. The number of carbonyl (C=O) groups is 1. The molecule has 5 nitrogen and oxygen atoms in total. The quantitative estimate of drug-likeness (QED) is 0.673. The van der Waals surface area contributed by atoms with Gasteiger partial charge in [0.15, 0.2) is 0 Å². The van der Waals surface area contributed by atoms with Gasteiger partial charge in [-0.15, -0.1) is 0 Å². The summed E-state index contributed by atoms with van der Waals surface area (Å²) in [5.41, 5.74) is 5.83. The van der Waals surface area contributed by atoms with Crippen molar-refractivity contribution in [2.45, 2.75) is 52.6 Å². The minimum atomic E-state index is -0.487. The van der Waals surface area contributed by atoms with E-state index >= 15 is 0 Å². The summed E-state index contributed by atoms with van der Waals surface area (Å²) in [6.45, 7) is 11.9. The van der Waals surface area contributed by atoms with Gasteiger partial charge in [0.25, 0.3) is 0 Å². The SMILES string of the molecule is CCCN1CCOc2cc3c(c(-c4ccccc4)c21)CCN(C(=O)OC(C)(C)C)CC3. The number of ether oxygens (including phenoxy) is 2. The maximum Gasteiger partial charge on any atom is 0.410 e. The van der Waals surface area contributed by atoms with Crippen molar-refractivity contribution < 1.29 is 14.3 Å². The molecular formula is C26H34N2O3. The van der Waals surface area contributed by atoms with E-state index < -0.39 is 5.60 Å². The fourth-order valence-electron chi connectivity index (χ4n) is 4.58. The van der Waals surface area contributed by atoms with Crippen molar-refractivity contribution in [1.29, 1.82) is 0 Å². The van der Waals surface area contributed by atoms with E-state index in [2.05, 4.69) is 48.2 Å². The molecule has 2 aromatic carbocycles. The molecule has 0 saturated carbocycles. The second-order valence-electron chi connectivity index (χ2n) is 9.40. The number of fused-ring (bicyclic) bond motifs is 2. The number of benzene rings is 2. The van der Waals surface area contributed by atoms with E-state index in [1.807, 2.05) is 25.7 Å². The van der Waals surface area contributed by atoms with Gasteiger partial charge in [-0.25, -0.2) is 4.79 Å². The molecule has 0 atom stereocenters. The van der Waals surface area contributed by atoms with E-state index in [1.165, 1.54) is 27.9 Å². The van der Waals surface area contributed by atoms with Crippen LogP contribution in [0.1, 0.15) is 45.2 Å². The van der Waals surface area contributed by atoms with Crippen molar-refractivity contribution in [1.82, 2.24) is 4.90 Å². The standard InChI is InChI=1S/C26H34N2O3/c1-5-13-27-16-17-30-22-18-20-11-14-28(25(29)31-26(2,3)4)15-12-21(20)23(24(22)27)19-9-7-6-8-10-19/h6-10,18H,5,11-17H2,1-4H3. The van der Waals surface area contributed by atoms with Crippen molar-refractivity contribution in [3.05, 3.63) is 47.5 Å². The average molecular weight is 423 g/mol. The van der Waals surface area contributed by atoms with Crippen LogP contribution in [0.2, 0.25) is 0 Å². The summed E-state index contributed by atoms with van der Waals surface area (Å²) in [5.74, 6) is 0.975. The van der Waals surface area contributed by atoms with Crippen molar-refractivity contribution in [2.75, 3.05) is 37.7 Å². The number of nitrogens with zero attached hydrogens (tertiary/aromatic N) is 2. The third kappa shape index (κ3) is 4.65. The van der Waals surface area contributed by atoms with Gasteiger partial charge in [-0.2, -0.15) is 0 Å². The van der Waals surface area contributed by atoms with E-state index in [-0.39, 0.29) is 6.09 Å². The number of hydrogen-bond donors (Lipinski definition) is 0. The van der Waals surface area contributed by atoms with E-state index in [1.54, 1.807) is 0 Å². The Morgan fingerprint density at radius 3 is 2.55 bits per heavy atom. The van der Waals surface area contributed by atoms with Crippen LogP contribution in [0.25, 0.3) is 11.1 Å². The Labute approximate surface area is 185 Å². The van der Waals surface area contributed by atoms with E-state index in [0.717, 1.165) is 38.1 Å². The topological polar surface area (TPSA) is 42.0 Å². The number of rotatable bonds is 3. The highest BCUT2D eigenvalue weighted by Gasteiger charge is 2.30. The van der Waals surface area contributed by atoms with Gasteiger partial charge in [0.05, 0.1) is 12.2 Å². The van der Waals surface area contributed by atoms with Gasteiger partial charge >= 0.3 is 6.09 Å². The fraction of sp³-hybridized carbons (Fsp3) is 0.500. The Hall–Kier alpha value is -2.69. The number of amides is 1. The predicted octanol–water partition coefficient (Wildman–Crippen LogP) is 5.30. The number of hydrogen-bond acceptors (Lipinski definition) is 4. The molecule has 0 unspecified atom stereocenters. The molecule has 0 aromatic heterocycles. The zero-order chi connectivity index (χ0) is 22.0. The van der Waals surface area contributed by atoms with Crippen LogP contribution in [-0.2, 0) is 17.6 Å². The van der Waals surface area contributed by atoms with E-state index in [4.69, 9.17) is 9.47 Å². The molecule has 4 rings (SSSR count). The fourth-order valence-corrected chi connectivity index (χ4v) is 4.58. The van der Waals surface area contributed by atoms with Crippen molar-refractivity contribution in [3.8, 4) is 16.9 Å². The maximum atomic E-state index is 12.7. The molecule has 0 fully saturated rings. The minimum absolute atomic E-state index is 0.227. The van der Waals surface area contributed by atoms with Gasteiger partial charge < -0.3 is 19.3 Å². The van der Waals surface area contributed by atoms with Gasteiger partial charge in [-0.05, 0) is 62.8 Å². The summed E-state index contributed by atoms with van der Waals surface area (Å²) in [5, 5.41) is 0. The van der Waals surface area contributed by atoms with Crippen LogP contribution in [-0.4, -0.2) is 49.4 Å². The molecule has 31 heavy (non-hydrogen) atoms. The summed E-state index contributed by atoms with van der Waals surface area (Å²) in [7, 11) is 0. The Balaban J connectivity index is 1.76. The highest BCUT2D eigenvalue weighted by Crippen LogP contribution is 2.45. The molecular weight excluding hydrogens is 388 g/mol. The van der Waals surface area contributed by atoms with Crippen LogP contribution in [0.4, 0.5) is 10.5 Å². The maximum absolute atomic E-state index is 12.7. The molecule has 0 aliphatic carbocycles. The zero-order valence-corrected chi connectivity index (χ0v) is 19.2. The summed E-state index contributed by atoms with van der Waals surface area (Å²) >= 11 is 0. The van der Waals surface area contributed by atoms with Crippen LogP contribution in [0.3, 0.4) is 0 Å². The lowest BCUT2D eigenvalue weighted by molar-refractivity contribution is 0.0258. The molecule has 166 valence electrons. The summed E-state index contributed by atoms with van der Waals surface area (Å²) in [4.78, 5) is 17.1. The Morgan fingerprint density at radius 2 is 1.84 bits per heavy atom. The third-order valence-corrected chi connectivity index (χ3v) is 5.89. The largest absolute Gasteiger partial charge is 0.490 e. The lowest BCUT2D eigenvalue weighted by Gasteiger charge is -2.35. The highest BCUT2D eigenvalue weighted by atomic mass is 16.6. The van der Waals surface area contributed by atoms with Gasteiger partial charge in [0, 0.05) is 25.2 Å². The number of anilines is 1. The molecule has 0 radical (unpaired) electrons. The Bertz CT molecular complexity index is 934. The molecule has 1 amide bonds. The molecule has 0 N–H and O–H groups in total. The van der Waals surface area contributed by atoms with Crippen LogP contribution < -0.4 is 9.64 Å². The van der Waals surface area contributed by atoms with Crippen LogP contribution in [0, 0.1) is 0 Å². The molecule has 2 aliphatic rings. The molecule has 0 saturated heterocycles. The lowest BCUT2D eigenvalue weighted by atomic mass is 9.89. The first-order chi connectivity index (χ1) is 14.9. The van der Waals surface area contributed by atoms with Gasteiger partial charge in [-0.1, -0.05) is 37.3 Å². The Morgan fingerprint density at radius 1 is 1.10 bits per heavy atom. The predicted molar refractivity (Wildman–Crippen MR) is 125 cm³/mol. The van der Waals surface area contributed by atoms with Gasteiger partial charge in [0.2, 0.25) is 0 Å². The monoisotopic (exact) mass is 422 g/mol. The molecule has 5 heteroatoms. The van der Waals surface area contributed by atoms with E-state index in [9.17, 15) is 4.79 Å². The van der Waals surface area contributed by atoms with Crippen LogP contribution in [0.5, 0.6) is 5.75 Å². The second kappa shape index (κ2) is 8.81. The first kappa shape index (κ1) is 21.5. The van der Waals surface area contributed by atoms with Crippen LogP contribution >= 0.6 is 0 Å². The van der Waals surface area contributed by atoms with Gasteiger partial charge in [0.1, 0.15) is 18.0 Å². The van der Waals surface area contributed by atoms with Crippen LogP contribution in [0.15, 0.2) is 36.4 Å². The first-order valence-corrected chi connectivity index (χ1v) is 11.5.